The molecule has 0 saturated carbocycles. The maximum Gasteiger partial charge on any atom is 0.191 e. The predicted octanol–water partition coefficient (Wildman–Crippen LogP) is 2.83. The summed E-state index contributed by atoms with van der Waals surface area (Å²) >= 11 is 0. The number of morpholine rings is 1. The number of hydrogen-bond acceptors (Lipinski definition) is 6. The van der Waals surface area contributed by atoms with Crippen LogP contribution in [0.2, 0.25) is 0 Å². The third-order valence-corrected chi connectivity index (χ3v) is 4.99. The molecule has 2 N–H and O–H groups in total. The van der Waals surface area contributed by atoms with Gasteiger partial charge in [-0.1, -0.05) is 0 Å². The fourth-order valence-corrected chi connectivity index (χ4v) is 3.36. The Bertz CT molecular complexity index is 791. The summed E-state index contributed by atoms with van der Waals surface area (Å²) in [6.45, 7) is 7.06. The van der Waals surface area contributed by atoms with Gasteiger partial charge in [0.2, 0.25) is 0 Å². The lowest BCUT2D eigenvalue weighted by Gasteiger charge is -2.33. The van der Waals surface area contributed by atoms with Crippen LogP contribution in [0, 0.1) is 6.92 Å². The summed E-state index contributed by atoms with van der Waals surface area (Å²) in [6, 6.07) is 11.7. The molecule has 1 unspecified atom stereocenters. The van der Waals surface area contributed by atoms with E-state index in [1.165, 1.54) is 0 Å². The Morgan fingerprint density at radius 3 is 2.42 bits per heavy atom. The van der Waals surface area contributed by atoms with Gasteiger partial charge < -0.3 is 29.3 Å². The summed E-state index contributed by atoms with van der Waals surface area (Å²) in [6.07, 6.45) is 0. The number of benzene rings is 1. The van der Waals surface area contributed by atoms with Crippen molar-refractivity contribution in [3.05, 3.63) is 47.9 Å². The number of rotatable bonds is 9. The highest BCUT2D eigenvalue weighted by molar-refractivity contribution is 14.0. The Balaban J connectivity index is 0.00000341. The Labute approximate surface area is 201 Å². The second-order valence-electron chi connectivity index (χ2n) is 7.02. The summed E-state index contributed by atoms with van der Waals surface area (Å²) in [5.41, 5.74) is 0. The molecule has 0 bridgehead atoms. The minimum atomic E-state index is 0. The van der Waals surface area contributed by atoms with Gasteiger partial charge in [0, 0.05) is 26.7 Å². The normalized spacial score (nSPS) is 15.6. The van der Waals surface area contributed by atoms with Crippen molar-refractivity contribution in [1.29, 1.82) is 0 Å². The number of furan rings is 1. The van der Waals surface area contributed by atoms with Crippen molar-refractivity contribution >= 4 is 29.9 Å². The van der Waals surface area contributed by atoms with Gasteiger partial charge in [-0.3, -0.25) is 9.89 Å². The van der Waals surface area contributed by atoms with E-state index in [9.17, 15) is 0 Å². The van der Waals surface area contributed by atoms with Crippen LogP contribution >= 0.6 is 24.0 Å². The van der Waals surface area contributed by atoms with E-state index in [0.717, 1.165) is 55.3 Å². The van der Waals surface area contributed by atoms with Crippen molar-refractivity contribution in [2.24, 2.45) is 4.99 Å². The van der Waals surface area contributed by atoms with Crippen LogP contribution < -0.4 is 20.1 Å². The molecule has 31 heavy (non-hydrogen) atoms. The molecule has 2 heterocycles. The molecule has 1 atom stereocenters. The number of halogens is 1. The topological polar surface area (TPSA) is 80.5 Å². The maximum atomic E-state index is 5.92. The summed E-state index contributed by atoms with van der Waals surface area (Å²) in [7, 11) is 3.41. The van der Waals surface area contributed by atoms with E-state index in [-0.39, 0.29) is 30.0 Å². The molecule has 3 rings (SSSR count). The number of nitrogens with zero attached hydrogens (tertiary/aromatic N) is 2. The van der Waals surface area contributed by atoms with E-state index in [0.29, 0.717) is 19.7 Å². The Hall–Kier alpha value is -1.98. The van der Waals surface area contributed by atoms with Crippen molar-refractivity contribution in [3.8, 4) is 11.5 Å². The number of aliphatic imine (C=N–C) groups is 1. The van der Waals surface area contributed by atoms with E-state index in [4.69, 9.17) is 18.6 Å². The average molecular weight is 544 g/mol. The van der Waals surface area contributed by atoms with Gasteiger partial charge in [-0.15, -0.1) is 24.0 Å². The lowest BCUT2D eigenvalue weighted by molar-refractivity contribution is 0.0124. The first-order valence-electron chi connectivity index (χ1n) is 10.3. The molecule has 9 heteroatoms. The number of methoxy groups -OCH3 is 1. The zero-order chi connectivity index (χ0) is 21.2. The van der Waals surface area contributed by atoms with Gasteiger partial charge in [-0.2, -0.15) is 0 Å². The summed E-state index contributed by atoms with van der Waals surface area (Å²) in [5.74, 6) is 4.23. The molecule has 1 aliphatic rings. The average Bonchev–Trinajstić information content (AvgIpc) is 3.22. The van der Waals surface area contributed by atoms with Crippen molar-refractivity contribution in [3.63, 3.8) is 0 Å². The lowest BCUT2D eigenvalue weighted by atomic mass is 10.1. The lowest BCUT2D eigenvalue weighted by Crippen LogP contribution is -2.46. The van der Waals surface area contributed by atoms with E-state index in [1.54, 1.807) is 14.2 Å². The van der Waals surface area contributed by atoms with Gasteiger partial charge in [0.25, 0.3) is 0 Å². The molecule has 0 amide bonds. The van der Waals surface area contributed by atoms with Crippen LogP contribution in [0.25, 0.3) is 0 Å². The monoisotopic (exact) mass is 544 g/mol. The summed E-state index contributed by atoms with van der Waals surface area (Å²) in [4.78, 5) is 6.70. The Kier molecular flexibility index (Phi) is 11.0. The van der Waals surface area contributed by atoms with Gasteiger partial charge in [-0.25, -0.2) is 0 Å². The minimum absolute atomic E-state index is 0. The van der Waals surface area contributed by atoms with Crippen LogP contribution in [0.1, 0.15) is 17.6 Å². The predicted molar refractivity (Wildman–Crippen MR) is 132 cm³/mol. The SMILES string of the molecule is CN=C(NCCOc1ccc(OC)cc1)NCC(c1ccc(C)o1)N1CCOCC1.I. The molecule has 0 spiro atoms. The van der Waals surface area contributed by atoms with Gasteiger partial charge >= 0.3 is 0 Å². The molecular formula is C22H33IN4O4. The van der Waals surface area contributed by atoms with E-state index < -0.39 is 0 Å². The van der Waals surface area contributed by atoms with Crippen molar-refractivity contribution in [1.82, 2.24) is 15.5 Å². The summed E-state index contributed by atoms with van der Waals surface area (Å²) in [5, 5.41) is 6.71. The smallest absolute Gasteiger partial charge is 0.191 e. The molecular weight excluding hydrogens is 511 g/mol. The second-order valence-corrected chi connectivity index (χ2v) is 7.02. The first kappa shape index (κ1) is 25.3. The number of nitrogens with one attached hydrogen (secondary N) is 2. The first-order chi connectivity index (χ1) is 14.7. The highest BCUT2D eigenvalue weighted by Gasteiger charge is 2.25. The number of ether oxygens (including phenoxy) is 3. The quantitative estimate of drug-likeness (QED) is 0.218. The standard InChI is InChI=1S/C22H32N4O4.HI/c1-17-4-9-21(30-17)20(26-11-14-28-15-12-26)16-25-22(23-2)24-10-13-29-19-7-5-18(27-3)6-8-19;/h4-9,20H,10-16H2,1-3H3,(H2,23,24,25);1H. The van der Waals surface area contributed by atoms with Crippen molar-refractivity contribution in [2.75, 3.05) is 60.2 Å². The van der Waals surface area contributed by atoms with Gasteiger partial charge in [0.15, 0.2) is 5.96 Å². The van der Waals surface area contributed by atoms with Crippen LogP contribution in [0.5, 0.6) is 11.5 Å². The third-order valence-electron chi connectivity index (χ3n) is 4.99. The van der Waals surface area contributed by atoms with Gasteiger partial charge in [0.05, 0.1) is 32.9 Å². The fourth-order valence-electron chi connectivity index (χ4n) is 3.36. The highest BCUT2D eigenvalue weighted by Crippen LogP contribution is 2.23. The van der Waals surface area contributed by atoms with Gasteiger partial charge in [0.1, 0.15) is 29.6 Å². The molecule has 0 aliphatic carbocycles. The highest BCUT2D eigenvalue weighted by atomic mass is 127. The molecule has 2 aromatic rings. The summed E-state index contributed by atoms with van der Waals surface area (Å²) < 4.78 is 22.3. The molecule has 1 aromatic carbocycles. The molecule has 0 radical (unpaired) electrons. The second kappa shape index (κ2) is 13.4. The number of aryl methyl sites for hydroxylation is 1. The fraction of sp³-hybridized carbons (Fsp3) is 0.500. The number of guanidine groups is 1. The largest absolute Gasteiger partial charge is 0.497 e. The Morgan fingerprint density at radius 2 is 1.81 bits per heavy atom. The number of hydrogen-bond donors (Lipinski definition) is 2. The molecule has 172 valence electrons. The molecule has 1 fully saturated rings. The first-order valence-corrected chi connectivity index (χ1v) is 10.3. The van der Waals surface area contributed by atoms with E-state index in [1.807, 2.05) is 37.3 Å². The zero-order valence-corrected chi connectivity index (χ0v) is 20.8. The maximum absolute atomic E-state index is 5.92. The minimum Gasteiger partial charge on any atom is -0.497 e. The molecule has 8 nitrogen and oxygen atoms in total. The van der Waals surface area contributed by atoms with Crippen LogP contribution in [-0.4, -0.2) is 71.0 Å². The van der Waals surface area contributed by atoms with Gasteiger partial charge in [-0.05, 0) is 43.3 Å². The van der Waals surface area contributed by atoms with Crippen molar-refractivity contribution in [2.45, 2.75) is 13.0 Å². The van der Waals surface area contributed by atoms with Crippen LogP contribution in [-0.2, 0) is 4.74 Å². The zero-order valence-electron chi connectivity index (χ0n) is 18.4. The van der Waals surface area contributed by atoms with E-state index >= 15 is 0 Å². The Morgan fingerprint density at radius 1 is 1.10 bits per heavy atom. The van der Waals surface area contributed by atoms with Crippen LogP contribution in [0.4, 0.5) is 0 Å². The van der Waals surface area contributed by atoms with Crippen LogP contribution in [0.3, 0.4) is 0 Å². The van der Waals surface area contributed by atoms with Crippen LogP contribution in [0.15, 0.2) is 45.8 Å². The van der Waals surface area contributed by atoms with E-state index in [2.05, 4.69) is 26.6 Å². The molecule has 1 saturated heterocycles. The molecule has 1 aromatic heterocycles. The van der Waals surface area contributed by atoms with Crippen molar-refractivity contribution < 1.29 is 18.6 Å². The third kappa shape index (κ3) is 7.89. The molecule has 1 aliphatic heterocycles.